The molecule has 1 aromatic rings. The number of aliphatic hydroxyl groups excluding tert-OH is 1. The van der Waals surface area contributed by atoms with Crippen LogP contribution in [0, 0.1) is 5.92 Å². The van der Waals surface area contributed by atoms with Crippen molar-refractivity contribution in [3.05, 3.63) is 47.2 Å². The van der Waals surface area contributed by atoms with Gasteiger partial charge in [-0.05, 0) is 36.8 Å². The Kier molecular flexibility index (Phi) is 4.07. The standard InChI is InChI=1S/C16H22O2/c1-11(2)16-14(12(3)17)9-10-15(18-16)13-7-5-4-6-8-13/h4-8,11,15-17H,9-10H2,1-3H3/b14-12+/t15-,16-/m0/s1. The predicted octanol–water partition coefficient (Wildman–Crippen LogP) is 4.39. The number of ether oxygens (including phenoxy) is 1. The van der Waals surface area contributed by atoms with E-state index >= 15 is 0 Å². The van der Waals surface area contributed by atoms with Crippen LogP contribution in [0.3, 0.4) is 0 Å². The molecule has 0 amide bonds. The lowest BCUT2D eigenvalue weighted by Gasteiger charge is -2.35. The molecule has 2 atom stereocenters. The molecule has 2 heteroatoms. The van der Waals surface area contributed by atoms with Crippen LogP contribution in [0.25, 0.3) is 0 Å². The Hall–Kier alpha value is -1.28. The van der Waals surface area contributed by atoms with E-state index in [9.17, 15) is 5.11 Å². The Morgan fingerprint density at radius 3 is 2.50 bits per heavy atom. The van der Waals surface area contributed by atoms with E-state index in [0.29, 0.717) is 11.7 Å². The molecule has 0 spiro atoms. The topological polar surface area (TPSA) is 29.5 Å². The van der Waals surface area contributed by atoms with Gasteiger partial charge in [0, 0.05) is 0 Å². The van der Waals surface area contributed by atoms with Crippen LogP contribution in [-0.2, 0) is 4.74 Å². The third-order valence-electron chi connectivity index (χ3n) is 3.57. The number of benzene rings is 1. The second-order valence-corrected chi connectivity index (χ2v) is 5.35. The second-order valence-electron chi connectivity index (χ2n) is 5.35. The van der Waals surface area contributed by atoms with Gasteiger partial charge in [-0.3, -0.25) is 0 Å². The van der Waals surface area contributed by atoms with E-state index < -0.39 is 0 Å². The van der Waals surface area contributed by atoms with Crippen molar-refractivity contribution in [1.82, 2.24) is 0 Å². The minimum Gasteiger partial charge on any atom is -0.513 e. The molecule has 2 rings (SSSR count). The first-order valence-electron chi connectivity index (χ1n) is 6.68. The average molecular weight is 246 g/mol. The summed E-state index contributed by atoms with van der Waals surface area (Å²) in [6.07, 6.45) is 2.06. The summed E-state index contributed by atoms with van der Waals surface area (Å²) in [5.41, 5.74) is 2.30. The minimum absolute atomic E-state index is 0.0361. The summed E-state index contributed by atoms with van der Waals surface area (Å²) in [6, 6.07) is 10.3. The zero-order valence-corrected chi connectivity index (χ0v) is 11.4. The summed E-state index contributed by atoms with van der Waals surface area (Å²) in [6.45, 7) is 6.04. The molecule has 0 saturated carbocycles. The van der Waals surface area contributed by atoms with Crippen molar-refractivity contribution in [2.24, 2.45) is 5.92 Å². The molecule has 0 bridgehead atoms. The van der Waals surface area contributed by atoms with Crippen LogP contribution in [0.15, 0.2) is 41.7 Å². The Balaban J connectivity index is 2.19. The van der Waals surface area contributed by atoms with Gasteiger partial charge in [-0.15, -0.1) is 0 Å². The van der Waals surface area contributed by atoms with Gasteiger partial charge in [-0.25, -0.2) is 0 Å². The van der Waals surface area contributed by atoms with Gasteiger partial charge in [0.1, 0.15) is 0 Å². The molecule has 2 nitrogen and oxygen atoms in total. The van der Waals surface area contributed by atoms with E-state index in [4.69, 9.17) is 4.74 Å². The van der Waals surface area contributed by atoms with E-state index in [1.54, 1.807) is 6.92 Å². The summed E-state index contributed by atoms with van der Waals surface area (Å²) in [4.78, 5) is 0. The minimum atomic E-state index is 0.0361. The van der Waals surface area contributed by atoms with Gasteiger partial charge in [0.25, 0.3) is 0 Å². The molecular formula is C16H22O2. The van der Waals surface area contributed by atoms with Crippen molar-refractivity contribution in [3.8, 4) is 0 Å². The monoisotopic (exact) mass is 246 g/mol. The lowest BCUT2D eigenvalue weighted by molar-refractivity contribution is -0.0442. The molecule has 1 aromatic carbocycles. The van der Waals surface area contributed by atoms with Gasteiger partial charge in [0.2, 0.25) is 0 Å². The normalized spacial score (nSPS) is 27.3. The van der Waals surface area contributed by atoms with Gasteiger partial charge >= 0.3 is 0 Å². The number of aliphatic hydroxyl groups is 1. The van der Waals surface area contributed by atoms with Crippen molar-refractivity contribution in [3.63, 3.8) is 0 Å². The molecule has 1 N–H and O–H groups in total. The highest BCUT2D eigenvalue weighted by Gasteiger charge is 2.30. The van der Waals surface area contributed by atoms with Crippen LogP contribution < -0.4 is 0 Å². The molecule has 18 heavy (non-hydrogen) atoms. The highest BCUT2D eigenvalue weighted by Crippen LogP contribution is 2.37. The molecule has 1 heterocycles. The quantitative estimate of drug-likeness (QED) is 0.784. The van der Waals surface area contributed by atoms with E-state index in [1.165, 1.54) is 5.56 Å². The molecule has 1 fully saturated rings. The maximum atomic E-state index is 9.75. The van der Waals surface area contributed by atoms with Crippen molar-refractivity contribution in [2.75, 3.05) is 0 Å². The highest BCUT2D eigenvalue weighted by molar-refractivity contribution is 5.22. The summed E-state index contributed by atoms with van der Waals surface area (Å²) in [5, 5.41) is 9.75. The summed E-state index contributed by atoms with van der Waals surface area (Å²) in [5.74, 6) is 0.814. The first kappa shape index (κ1) is 13.2. The fourth-order valence-electron chi connectivity index (χ4n) is 2.62. The fourth-order valence-corrected chi connectivity index (χ4v) is 2.62. The van der Waals surface area contributed by atoms with Gasteiger partial charge in [-0.2, -0.15) is 0 Å². The number of allylic oxidation sites excluding steroid dienone is 1. The van der Waals surface area contributed by atoms with Crippen molar-refractivity contribution < 1.29 is 9.84 Å². The lowest BCUT2D eigenvalue weighted by atomic mass is 9.88. The molecular weight excluding hydrogens is 224 g/mol. The Morgan fingerprint density at radius 2 is 1.94 bits per heavy atom. The smallest absolute Gasteiger partial charge is 0.0909 e. The Morgan fingerprint density at radius 1 is 1.28 bits per heavy atom. The molecule has 0 aromatic heterocycles. The molecule has 1 saturated heterocycles. The van der Waals surface area contributed by atoms with E-state index in [0.717, 1.165) is 18.4 Å². The van der Waals surface area contributed by atoms with Crippen LogP contribution in [0.1, 0.15) is 45.3 Å². The third-order valence-corrected chi connectivity index (χ3v) is 3.57. The summed E-state index contributed by atoms with van der Waals surface area (Å²) < 4.78 is 6.19. The van der Waals surface area contributed by atoms with Crippen molar-refractivity contribution >= 4 is 0 Å². The third kappa shape index (κ3) is 2.75. The summed E-state index contributed by atoms with van der Waals surface area (Å²) >= 11 is 0. The van der Waals surface area contributed by atoms with Gasteiger partial charge in [0.05, 0.1) is 18.0 Å². The maximum absolute atomic E-state index is 9.75. The zero-order valence-electron chi connectivity index (χ0n) is 11.4. The van der Waals surface area contributed by atoms with Gasteiger partial charge in [0.15, 0.2) is 0 Å². The SMILES string of the molecule is C/C(O)=C1/CC[C@@H](c2ccccc2)O[C@H]1C(C)C. The first-order valence-corrected chi connectivity index (χ1v) is 6.68. The molecule has 98 valence electrons. The molecule has 0 aliphatic carbocycles. The van der Waals surface area contributed by atoms with Crippen molar-refractivity contribution in [2.45, 2.75) is 45.8 Å². The maximum Gasteiger partial charge on any atom is 0.0909 e. The molecule has 1 aliphatic rings. The van der Waals surface area contributed by atoms with Gasteiger partial charge < -0.3 is 9.84 Å². The molecule has 0 radical (unpaired) electrons. The van der Waals surface area contributed by atoms with E-state index in [-0.39, 0.29) is 12.2 Å². The van der Waals surface area contributed by atoms with Crippen LogP contribution in [-0.4, -0.2) is 11.2 Å². The van der Waals surface area contributed by atoms with Crippen LogP contribution in [0.5, 0.6) is 0 Å². The van der Waals surface area contributed by atoms with Crippen LogP contribution >= 0.6 is 0 Å². The van der Waals surface area contributed by atoms with E-state index in [1.807, 2.05) is 18.2 Å². The predicted molar refractivity (Wildman–Crippen MR) is 73.5 cm³/mol. The number of hydrogen-bond donors (Lipinski definition) is 1. The molecule has 1 aliphatic heterocycles. The lowest BCUT2D eigenvalue weighted by Crippen LogP contribution is -2.30. The first-order chi connectivity index (χ1) is 8.59. The average Bonchev–Trinajstić information content (AvgIpc) is 2.39. The highest BCUT2D eigenvalue weighted by atomic mass is 16.5. The number of rotatable bonds is 2. The summed E-state index contributed by atoms with van der Waals surface area (Å²) in [7, 11) is 0. The largest absolute Gasteiger partial charge is 0.513 e. The van der Waals surface area contributed by atoms with Crippen molar-refractivity contribution in [1.29, 1.82) is 0 Å². The molecule has 0 unspecified atom stereocenters. The van der Waals surface area contributed by atoms with Gasteiger partial charge in [-0.1, -0.05) is 44.2 Å². The van der Waals surface area contributed by atoms with Crippen LogP contribution in [0.4, 0.5) is 0 Å². The van der Waals surface area contributed by atoms with E-state index in [2.05, 4.69) is 26.0 Å². The second kappa shape index (κ2) is 5.57. The van der Waals surface area contributed by atoms with Crippen LogP contribution in [0.2, 0.25) is 0 Å². The number of hydrogen-bond acceptors (Lipinski definition) is 2. The Labute approximate surface area is 109 Å². The zero-order chi connectivity index (χ0) is 13.1. The Bertz CT molecular complexity index is 416. The fraction of sp³-hybridized carbons (Fsp3) is 0.500.